The summed E-state index contributed by atoms with van der Waals surface area (Å²) in [4.78, 5) is 1.05. The van der Waals surface area contributed by atoms with Crippen LogP contribution >= 0.6 is 23.4 Å². The van der Waals surface area contributed by atoms with E-state index in [1.807, 2.05) is 24.3 Å². The van der Waals surface area contributed by atoms with Crippen LogP contribution in [0.3, 0.4) is 0 Å². The maximum atomic E-state index is 9.79. The average molecular weight is 259 g/mol. The average Bonchev–Trinajstić information content (AvgIpc) is 2.25. The van der Waals surface area contributed by atoms with E-state index in [4.69, 9.17) is 11.6 Å². The summed E-state index contributed by atoms with van der Waals surface area (Å²) in [6.45, 7) is 4.35. The van der Waals surface area contributed by atoms with Gasteiger partial charge >= 0.3 is 0 Å². The fourth-order valence-electron chi connectivity index (χ4n) is 1.36. The fourth-order valence-corrected chi connectivity index (χ4v) is 2.58. The molecule has 0 radical (unpaired) electrons. The number of benzene rings is 1. The van der Waals surface area contributed by atoms with Crippen molar-refractivity contribution in [3.8, 4) is 0 Å². The molecule has 1 aromatic carbocycles. The van der Waals surface area contributed by atoms with Gasteiger partial charge in [-0.25, -0.2) is 0 Å². The summed E-state index contributed by atoms with van der Waals surface area (Å²) in [6, 6.07) is 7.75. The Balaban J connectivity index is 2.31. The van der Waals surface area contributed by atoms with Crippen LogP contribution in [0, 0.1) is 5.92 Å². The van der Waals surface area contributed by atoms with Crippen LogP contribution in [0.4, 0.5) is 0 Å². The Kier molecular flexibility index (Phi) is 6.25. The molecule has 0 spiro atoms. The third-order valence-electron chi connectivity index (χ3n) is 2.35. The van der Waals surface area contributed by atoms with Crippen molar-refractivity contribution in [3.63, 3.8) is 0 Å². The molecular weight excluding hydrogens is 240 g/mol. The first kappa shape index (κ1) is 13.9. The van der Waals surface area contributed by atoms with Crippen LogP contribution < -0.4 is 0 Å². The highest BCUT2D eigenvalue weighted by molar-refractivity contribution is 7.99. The summed E-state index contributed by atoms with van der Waals surface area (Å²) in [5, 5.41) is 10.6. The van der Waals surface area contributed by atoms with Crippen LogP contribution in [-0.2, 0) is 0 Å². The molecule has 0 aromatic heterocycles. The molecule has 1 nitrogen and oxygen atoms in total. The third-order valence-corrected chi connectivity index (χ3v) is 4.01. The van der Waals surface area contributed by atoms with Crippen molar-refractivity contribution in [2.24, 2.45) is 5.92 Å². The molecule has 1 unspecified atom stereocenters. The minimum Gasteiger partial charge on any atom is -0.392 e. The van der Waals surface area contributed by atoms with Gasteiger partial charge in [-0.1, -0.05) is 37.6 Å². The van der Waals surface area contributed by atoms with Gasteiger partial charge in [0.25, 0.3) is 0 Å². The highest BCUT2D eigenvalue weighted by Gasteiger charge is 2.07. The summed E-state index contributed by atoms with van der Waals surface area (Å²) in [5.74, 6) is 1.37. The zero-order valence-electron chi connectivity index (χ0n) is 9.82. The van der Waals surface area contributed by atoms with Crippen molar-refractivity contribution >= 4 is 23.4 Å². The van der Waals surface area contributed by atoms with Gasteiger partial charge in [-0.3, -0.25) is 0 Å². The van der Waals surface area contributed by atoms with Gasteiger partial charge in [-0.15, -0.1) is 11.8 Å². The second-order valence-corrected chi connectivity index (χ2v) is 5.84. The van der Waals surface area contributed by atoms with Crippen molar-refractivity contribution in [2.45, 2.75) is 37.7 Å². The minimum atomic E-state index is -0.233. The number of aliphatic hydroxyl groups excluding tert-OH is 1. The molecule has 0 saturated heterocycles. The first-order valence-electron chi connectivity index (χ1n) is 5.65. The third kappa shape index (κ3) is 5.24. The Morgan fingerprint density at radius 3 is 2.56 bits per heavy atom. The molecule has 1 rings (SSSR count). The van der Waals surface area contributed by atoms with Crippen molar-refractivity contribution in [1.29, 1.82) is 0 Å². The van der Waals surface area contributed by atoms with Crippen molar-refractivity contribution in [3.05, 3.63) is 29.3 Å². The van der Waals surface area contributed by atoms with Crippen LogP contribution in [-0.4, -0.2) is 17.0 Å². The molecule has 0 fully saturated rings. The summed E-state index contributed by atoms with van der Waals surface area (Å²) in [7, 11) is 0. The Bertz CT molecular complexity index is 315. The molecule has 0 aliphatic rings. The largest absolute Gasteiger partial charge is 0.392 e. The lowest BCUT2D eigenvalue weighted by atomic mass is 10.1. The highest BCUT2D eigenvalue weighted by Crippen LogP contribution is 2.27. The molecule has 90 valence electrons. The zero-order chi connectivity index (χ0) is 12.0. The molecule has 16 heavy (non-hydrogen) atoms. The van der Waals surface area contributed by atoms with Gasteiger partial charge in [0.05, 0.1) is 11.1 Å². The molecule has 1 N–H and O–H groups in total. The Labute approximate surface area is 107 Å². The van der Waals surface area contributed by atoms with E-state index in [1.54, 1.807) is 11.8 Å². The van der Waals surface area contributed by atoms with Crippen LogP contribution in [0.15, 0.2) is 29.2 Å². The number of halogens is 1. The number of hydrogen-bond donors (Lipinski definition) is 1. The molecule has 0 saturated carbocycles. The fraction of sp³-hybridized carbons (Fsp3) is 0.538. The topological polar surface area (TPSA) is 20.2 Å². The molecule has 0 heterocycles. The highest BCUT2D eigenvalue weighted by atomic mass is 35.5. The SMILES string of the molecule is CC(C)CCC(O)CSc1ccccc1Cl. The molecular formula is C13H19ClOS. The quantitative estimate of drug-likeness (QED) is 0.771. The summed E-state index contributed by atoms with van der Waals surface area (Å²) >= 11 is 7.66. The molecule has 0 aliphatic carbocycles. The van der Waals surface area contributed by atoms with Gasteiger partial charge < -0.3 is 5.11 Å². The monoisotopic (exact) mass is 258 g/mol. The first-order valence-corrected chi connectivity index (χ1v) is 7.01. The maximum Gasteiger partial charge on any atom is 0.0634 e. The minimum absolute atomic E-state index is 0.233. The predicted molar refractivity (Wildman–Crippen MR) is 72.3 cm³/mol. The van der Waals surface area contributed by atoms with Crippen LogP contribution in [0.5, 0.6) is 0 Å². The van der Waals surface area contributed by atoms with Gasteiger partial charge in [0.15, 0.2) is 0 Å². The molecule has 0 amide bonds. The van der Waals surface area contributed by atoms with E-state index in [1.165, 1.54) is 0 Å². The summed E-state index contributed by atoms with van der Waals surface area (Å²) < 4.78 is 0. The summed E-state index contributed by atoms with van der Waals surface area (Å²) in [5.41, 5.74) is 0. The van der Waals surface area contributed by atoms with Gasteiger partial charge in [0.1, 0.15) is 0 Å². The molecule has 3 heteroatoms. The molecule has 1 aromatic rings. The van der Waals surface area contributed by atoms with Crippen molar-refractivity contribution in [1.82, 2.24) is 0 Å². The predicted octanol–water partition coefficient (Wildman–Crippen LogP) is 4.23. The van der Waals surface area contributed by atoms with Gasteiger partial charge in [0.2, 0.25) is 0 Å². The lowest BCUT2D eigenvalue weighted by molar-refractivity contribution is 0.180. The Hall–Kier alpha value is -0.180. The van der Waals surface area contributed by atoms with E-state index in [2.05, 4.69) is 13.8 Å². The first-order chi connectivity index (χ1) is 7.59. The normalized spacial score (nSPS) is 13.1. The second kappa shape index (κ2) is 7.21. The van der Waals surface area contributed by atoms with Crippen LogP contribution in [0.1, 0.15) is 26.7 Å². The number of hydrogen-bond acceptors (Lipinski definition) is 2. The summed E-state index contributed by atoms with van der Waals surface area (Å²) in [6.07, 6.45) is 1.71. The van der Waals surface area contributed by atoms with Crippen molar-refractivity contribution < 1.29 is 5.11 Å². The molecule has 1 atom stereocenters. The Morgan fingerprint density at radius 2 is 1.94 bits per heavy atom. The lowest BCUT2D eigenvalue weighted by Crippen LogP contribution is -2.10. The molecule has 0 aliphatic heterocycles. The van der Waals surface area contributed by atoms with E-state index in [0.29, 0.717) is 5.92 Å². The van der Waals surface area contributed by atoms with E-state index < -0.39 is 0 Å². The van der Waals surface area contributed by atoms with Gasteiger partial charge in [-0.2, -0.15) is 0 Å². The van der Waals surface area contributed by atoms with E-state index in [-0.39, 0.29) is 6.10 Å². The lowest BCUT2D eigenvalue weighted by Gasteiger charge is -2.12. The molecule has 0 bridgehead atoms. The zero-order valence-corrected chi connectivity index (χ0v) is 11.4. The van der Waals surface area contributed by atoms with Gasteiger partial charge in [0, 0.05) is 10.6 Å². The van der Waals surface area contributed by atoms with E-state index in [9.17, 15) is 5.11 Å². The number of rotatable bonds is 6. The Morgan fingerprint density at radius 1 is 1.25 bits per heavy atom. The smallest absolute Gasteiger partial charge is 0.0634 e. The number of thioether (sulfide) groups is 1. The van der Waals surface area contributed by atoms with Gasteiger partial charge in [-0.05, 0) is 30.9 Å². The standard InChI is InChI=1S/C13H19ClOS/c1-10(2)7-8-11(15)9-16-13-6-4-3-5-12(13)14/h3-6,10-11,15H,7-9H2,1-2H3. The van der Waals surface area contributed by atoms with Crippen LogP contribution in [0.25, 0.3) is 0 Å². The maximum absolute atomic E-state index is 9.79. The second-order valence-electron chi connectivity index (χ2n) is 4.37. The number of aliphatic hydroxyl groups is 1. The van der Waals surface area contributed by atoms with Crippen molar-refractivity contribution in [2.75, 3.05) is 5.75 Å². The van der Waals surface area contributed by atoms with E-state index >= 15 is 0 Å². The van der Waals surface area contributed by atoms with Crippen LogP contribution in [0.2, 0.25) is 5.02 Å². The van der Waals surface area contributed by atoms with E-state index in [0.717, 1.165) is 28.5 Å².